The molecule has 24 heavy (non-hydrogen) atoms. The van der Waals surface area contributed by atoms with Gasteiger partial charge in [0.25, 0.3) is 5.69 Å². The lowest BCUT2D eigenvalue weighted by molar-refractivity contribution is -0.385. The highest BCUT2D eigenvalue weighted by atomic mass is 16.6. The summed E-state index contributed by atoms with van der Waals surface area (Å²) in [5.41, 5.74) is 2.10. The highest BCUT2D eigenvalue weighted by Crippen LogP contribution is 2.39. The van der Waals surface area contributed by atoms with Crippen molar-refractivity contribution in [3.63, 3.8) is 0 Å². The van der Waals surface area contributed by atoms with Crippen molar-refractivity contribution in [3.8, 4) is 0 Å². The van der Waals surface area contributed by atoms with Crippen LogP contribution in [0, 0.1) is 22.5 Å². The van der Waals surface area contributed by atoms with Crippen molar-refractivity contribution in [1.82, 2.24) is 9.80 Å². The lowest BCUT2D eigenvalue weighted by Gasteiger charge is -2.40. The SMILES string of the molecule is CC(=O)N1CC[C@]2(CCCN(Cc3ccc(C)c([N+](=O)[O-])c3)C2)C1. The number of nitrogens with zero attached hydrogens (tertiary/aromatic N) is 3. The number of hydrogen-bond donors (Lipinski definition) is 0. The zero-order valence-electron chi connectivity index (χ0n) is 14.5. The van der Waals surface area contributed by atoms with E-state index in [1.807, 2.05) is 17.0 Å². The Bertz CT molecular complexity index is 661. The van der Waals surface area contributed by atoms with Gasteiger partial charge in [-0.15, -0.1) is 0 Å². The van der Waals surface area contributed by atoms with E-state index in [1.165, 1.54) is 6.42 Å². The van der Waals surface area contributed by atoms with Gasteiger partial charge in [0.05, 0.1) is 4.92 Å². The van der Waals surface area contributed by atoms with Crippen molar-refractivity contribution in [1.29, 1.82) is 0 Å². The Morgan fingerprint density at radius 3 is 2.75 bits per heavy atom. The van der Waals surface area contributed by atoms with Crippen molar-refractivity contribution in [2.24, 2.45) is 5.41 Å². The summed E-state index contributed by atoms with van der Waals surface area (Å²) in [6.07, 6.45) is 3.36. The number of piperidine rings is 1. The molecular weight excluding hydrogens is 306 g/mol. The molecule has 1 atom stereocenters. The molecule has 0 bridgehead atoms. The van der Waals surface area contributed by atoms with Gasteiger partial charge in [0, 0.05) is 50.1 Å². The van der Waals surface area contributed by atoms with Gasteiger partial charge in [-0.3, -0.25) is 19.8 Å². The molecule has 2 aliphatic heterocycles. The maximum atomic E-state index is 11.6. The summed E-state index contributed by atoms with van der Waals surface area (Å²) in [7, 11) is 0. The molecule has 0 unspecified atom stereocenters. The fraction of sp³-hybridized carbons (Fsp3) is 0.611. The minimum atomic E-state index is -0.307. The van der Waals surface area contributed by atoms with Crippen LogP contribution in [0.5, 0.6) is 0 Å². The first-order valence-corrected chi connectivity index (χ1v) is 8.60. The van der Waals surface area contributed by atoms with Crippen LogP contribution >= 0.6 is 0 Å². The molecule has 3 rings (SSSR count). The average molecular weight is 331 g/mol. The number of benzene rings is 1. The number of carbonyl (C=O) groups is 1. The van der Waals surface area contributed by atoms with Gasteiger partial charge in [-0.1, -0.05) is 12.1 Å². The molecule has 1 aromatic rings. The molecule has 2 heterocycles. The molecule has 1 aromatic carbocycles. The highest BCUT2D eigenvalue weighted by Gasteiger charge is 2.41. The first kappa shape index (κ1) is 16.9. The maximum Gasteiger partial charge on any atom is 0.272 e. The Morgan fingerprint density at radius 2 is 2.08 bits per heavy atom. The molecule has 0 saturated carbocycles. The third-order valence-corrected chi connectivity index (χ3v) is 5.50. The summed E-state index contributed by atoms with van der Waals surface area (Å²) < 4.78 is 0. The van der Waals surface area contributed by atoms with Crippen LogP contribution in [0.2, 0.25) is 0 Å². The average Bonchev–Trinajstić information content (AvgIpc) is 2.93. The molecule has 0 radical (unpaired) electrons. The van der Waals surface area contributed by atoms with Gasteiger partial charge in [0.1, 0.15) is 0 Å². The quantitative estimate of drug-likeness (QED) is 0.631. The molecule has 2 saturated heterocycles. The molecule has 1 amide bonds. The number of rotatable bonds is 3. The molecule has 130 valence electrons. The Morgan fingerprint density at radius 1 is 1.29 bits per heavy atom. The number of amides is 1. The fourth-order valence-electron chi connectivity index (χ4n) is 4.19. The van der Waals surface area contributed by atoms with Gasteiger partial charge < -0.3 is 4.90 Å². The van der Waals surface area contributed by atoms with Crippen LogP contribution in [-0.4, -0.2) is 46.8 Å². The van der Waals surface area contributed by atoms with Gasteiger partial charge in [-0.25, -0.2) is 0 Å². The van der Waals surface area contributed by atoms with E-state index < -0.39 is 0 Å². The minimum Gasteiger partial charge on any atom is -0.342 e. The number of nitro groups is 1. The zero-order valence-corrected chi connectivity index (χ0v) is 14.5. The van der Waals surface area contributed by atoms with E-state index in [2.05, 4.69) is 4.90 Å². The number of hydrogen-bond acceptors (Lipinski definition) is 4. The molecule has 0 aromatic heterocycles. The zero-order chi connectivity index (χ0) is 17.3. The van der Waals surface area contributed by atoms with E-state index in [-0.39, 0.29) is 21.9 Å². The normalized spacial score (nSPS) is 24.5. The van der Waals surface area contributed by atoms with Crippen LogP contribution in [0.25, 0.3) is 0 Å². The summed E-state index contributed by atoms with van der Waals surface area (Å²) in [5.74, 6) is 0.165. The summed E-state index contributed by atoms with van der Waals surface area (Å²) in [4.78, 5) is 26.8. The first-order chi connectivity index (χ1) is 11.4. The third-order valence-electron chi connectivity index (χ3n) is 5.50. The van der Waals surface area contributed by atoms with Crippen LogP contribution in [0.1, 0.15) is 37.3 Å². The number of likely N-dealkylation sites (tertiary alicyclic amines) is 2. The molecule has 1 spiro atoms. The smallest absolute Gasteiger partial charge is 0.272 e. The van der Waals surface area contributed by atoms with Crippen molar-refractivity contribution in [2.75, 3.05) is 26.2 Å². The van der Waals surface area contributed by atoms with Crippen molar-refractivity contribution in [3.05, 3.63) is 39.4 Å². The van der Waals surface area contributed by atoms with Crippen molar-refractivity contribution >= 4 is 11.6 Å². The topological polar surface area (TPSA) is 66.7 Å². The second-order valence-electron chi connectivity index (χ2n) is 7.38. The second kappa shape index (κ2) is 6.51. The number of nitro benzene ring substituents is 1. The van der Waals surface area contributed by atoms with Crippen LogP contribution in [-0.2, 0) is 11.3 Å². The predicted octanol–water partition coefficient (Wildman–Crippen LogP) is 2.74. The van der Waals surface area contributed by atoms with Gasteiger partial charge in [0.15, 0.2) is 0 Å². The van der Waals surface area contributed by atoms with E-state index in [1.54, 1.807) is 19.9 Å². The third kappa shape index (κ3) is 3.43. The number of aryl methyl sites for hydroxylation is 1. The van der Waals surface area contributed by atoms with Crippen molar-refractivity contribution < 1.29 is 9.72 Å². The Kier molecular flexibility index (Phi) is 4.58. The lowest BCUT2D eigenvalue weighted by atomic mass is 9.79. The van der Waals surface area contributed by atoms with Gasteiger partial charge in [-0.05, 0) is 38.3 Å². The van der Waals surface area contributed by atoms with E-state index >= 15 is 0 Å². The van der Waals surface area contributed by atoms with Gasteiger partial charge in [0.2, 0.25) is 5.91 Å². The van der Waals surface area contributed by atoms with E-state index in [4.69, 9.17) is 0 Å². The molecule has 0 N–H and O–H groups in total. The fourth-order valence-corrected chi connectivity index (χ4v) is 4.19. The van der Waals surface area contributed by atoms with E-state index in [9.17, 15) is 14.9 Å². The molecule has 2 aliphatic rings. The van der Waals surface area contributed by atoms with Crippen LogP contribution in [0.4, 0.5) is 5.69 Å². The minimum absolute atomic E-state index is 0.165. The molecule has 6 nitrogen and oxygen atoms in total. The highest BCUT2D eigenvalue weighted by molar-refractivity contribution is 5.73. The predicted molar refractivity (Wildman–Crippen MR) is 91.6 cm³/mol. The van der Waals surface area contributed by atoms with E-state index in [0.717, 1.165) is 51.1 Å². The van der Waals surface area contributed by atoms with Crippen LogP contribution in [0.15, 0.2) is 18.2 Å². The largest absolute Gasteiger partial charge is 0.342 e. The monoisotopic (exact) mass is 331 g/mol. The van der Waals surface area contributed by atoms with Crippen LogP contribution in [0.3, 0.4) is 0 Å². The molecule has 6 heteroatoms. The summed E-state index contributed by atoms with van der Waals surface area (Å²) >= 11 is 0. The van der Waals surface area contributed by atoms with Gasteiger partial charge >= 0.3 is 0 Å². The molecule has 0 aliphatic carbocycles. The summed E-state index contributed by atoms with van der Waals surface area (Å²) in [5, 5.41) is 11.1. The molecular formula is C18H25N3O3. The Labute approximate surface area is 142 Å². The van der Waals surface area contributed by atoms with Crippen LogP contribution < -0.4 is 0 Å². The van der Waals surface area contributed by atoms with Gasteiger partial charge in [-0.2, -0.15) is 0 Å². The standard InChI is InChI=1S/C18H25N3O3/c1-14-4-5-16(10-17(14)21(23)24)11-19-8-3-6-18(12-19)7-9-20(13-18)15(2)22/h4-5,10H,3,6-9,11-13H2,1-2H3/t18-/m0/s1. The maximum absolute atomic E-state index is 11.6. The van der Waals surface area contributed by atoms with Crippen molar-refractivity contribution in [2.45, 2.75) is 39.7 Å². The molecule has 2 fully saturated rings. The van der Waals surface area contributed by atoms with E-state index in [0.29, 0.717) is 5.56 Å². The second-order valence-corrected chi connectivity index (χ2v) is 7.38. The summed E-state index contributed by atoms with van der Waals surface area (Å²) in [6.45, 7) is 7.86. The lowest BCUT2D eigenvalue weighted by Crippen LogP contribution is -2.44. The Balaban J connectivity index is 1.69. The first-order valence-electron chi connectivity index (χ1n) is 8.60. The number of carbonyl (C=O) groups excluding carboxylic acids is 1. The Hall–Kier alpha value is -1.95. The summed E-state index contributed by atoms with van der Waals surface area (Å²) in [6, 6.07) is 5.52.